The topological polar surface area (TPSA) is 3.88 Å². The molecule has 0 amide bonds. The summed E-state index contributed by atoms with van der Waals surface area (Å²) in [5.74, 6) is -0.572. The van der Waals surface area contributed by atoms with Gasteiger partial charge in [0.15, 0.2) is 6.20 Å². The molecule has 0 aliphatic heterocycles. The van der Waals surface area contributed by atoms with Crippen LogP contribution in [0, 0.1) is 6.92 Å². The van der Waals surface area contributed by atoms with E-state index in [2.05, 4.69) is 74.7 Å². The van der Waals surface area contributed by atoms with Crippen molar-refractivity contribution < 1.29 is 5.94 Å². The number of benzene rings is 1. The third kappa shape index (κ3) is 3.43. The molecule has 1 nitrogen and oxygen atoms in total. The Hall–Kier alpha value is -1.41. The quantitative estimate of drug-likeness (QED) is 0.592. The van der Waals surface area contributed by atoms with Gasteiger partial charge in [-0.15, -0.1) is 0 Å². The molecule has 1 aromatic heterocycles. The molecule has 0 aliphatic rings. The van der Waals surface area contributed by atoms with Crippen LogP contribution < -0.4 is 9.75 Å². The second kappa shape index (κ2) is 5.76. The number of aryl methyl sites for hydroxylation is 2. The van der Waals surface area contributed by atoms with E-state index in [1.165, 1.54) is 22.0 Å². The molecule has 0 bridgehead atoms. The minimum atomic E-state index is -1.34. The van der Waals surface area contributed by atoms with Crippen LogP contribution in [0.3, 0.4) is 0 Å². The van der Waals surface area contributed by atoms with Gasteiger partial charge in [-0.1, -0.05) is 45.6 Å². The molecule has 0 spiro atoms. The zero-order chi connectivity index (χ0) is 16.7. The molecule has 1 aromatic carbocycles. The third-order valence-electron chi connectivity index (χ3n) is 4.11. The molecule has 112 valence electrons. The Kier molecular flexibility index (Phi) is 3.98. The maximum atomic E-state index is 8.30. The van der Waals surface area contributed by atoms with Crippen molar-refractivity contribution in [1.29, 1.82) is 0 Å². The number of aromatic nitrogens is 1. The van der Waals surface area contributed by atoms with Crippen LogP contribution in [-0.2, 0) is 7.05 Å². The molecule has 0 atom stereocenters. The third-order valence-corrected chi connectivity index (χ3v) is 6.15. The molecule has 0 radical (unpaired) electrons. The van der Waals surface area contributed by atoms with E-state index in [1.807, 2.05) is 13.8 Å². The highest BCUT2D eigenvalue weighted by molar-refractivity contribution is 6.88. The molecule has 2 rings (SSSR count). The molecule has 0 saturated carbocycles. The summed E-state index contributed by atoms with van der Waals surface area (Å²) in [6.07, 6.45) is 2.17. The number of hydrogen-bond donors (Lipinski definition) is 0. The first-order valence-electron chi connectivity index (χ1n) is 8.12. The Morgan fingerprint density at radius 1 is 1.10 bits per heavy atom. The van der Waals surface area contributed by atoms with Gasteiger partial charge in [0.2, 0.25) is 5.69 Å². The summed E-state index contributed by atoms with van der Waals surface area (Å²) in [6.45, 7) is 13.2. The molecule has 0 unspecified atom stereocenters. The van der Waals surface area contributed by atoms with Crippen LogP contribution >= 0.6 is 0 Å². The average molecular weight is 300 g/mol. The fourth-order valence-electron chi connectivity index (χ4n) is 2.51. The molecule has 1 heterocycles. The van der Waals surface area contributed by atoms with Crippen LogP contribution in [0.25, 0.3) is 11.3 Å². The van der Waals surface area contributed by atoms with Gasteiger partial charge in [-0.3, -0.25) is 0 Å². The lowest BCUT2D eigenvalue weighted by molar-refractivity contribution is -0.660. The van der Waals surface area contributed by atoms with Crippen molar-refractivity contribution in [2.75, 3.05) is 0 Å². The number of nitrogens with zero attached hydrogens (tertiary/aromatic N) is 1. The summed E-state index contributed by atoms with van der Waals surface area (Å²) < 4.78 is 10.5. The molecule has 0 aliphatic carbocycles. The highest BCUT2D eigenvalue weighted by Gasteiger charge is 2.21. The Labute approximate surface area is 132 Å². The van der Waals surface area contributed by atoms with E-state index in [1.54, 1.807) is 0 Å². The number of hydrogen-bond acceptors (Lipinski definition) is 0. The van der Waals surface area contributed by atoms with E-state index >= 15 is 0 Å². The zero-order valence-corrected chi connectivity index (χ0v) is 15.4. The van der Waals surface area contributed by atoms with Gasteiger partial charge in [0.25, 0.3) is 0 Å². The largest absolute Gasteiger partial charge is 0.212 e. The van der Waals surface area contributed by atoms with Crippen LogP contribution in [0.5, 0.6) is 0 Å². The highest BCUT2D eigenvalue weighted by Crippen LogP contribution is 2.25. The van der Waals surface area contributed by atoms with Crippen LogP contribution in [0.15, 0.2) is 36.5 Å². The van der Waals surface area contributed by atoms with Crippen molar-refractivity contribution in [3.8, 4) is 11.3 Å². The minimum Gasteiger partial charge on any atom is -0.201 e. The molecule has 0 saturated heterocycles. The van der Waals surface area contributed by atoms with Crippen molar-refractivity contribution >= 4 is 13.3 Å². The van der Waals surface area contributed by atoms with Gasteiger partial charge in [0.05, 0.1) is 8.07 Å². The van der Waals surface area contributed by atoms with Crippen molar-refractivity contribution in [2.24, 2.45) is 7.05 Å². The van der Waals surface area contributed by atoms with E-state index < -0.39 is 14.0 Å². The molecule has 2 heteroatoms. The second-order valence-electron chi connectivity index (χ2n) is 7.19. The van der Waals surface area contributed by atoms with Crippen molar-refractivity contribution in [3.63, 3.8) is 0 Å². The molecule has 0 fully saturated rings. The Balaban J connectivity index is 2.66. The zero-order valence-electron chi connectivity index (χ0n) is 15.4. The number of rotatable bonds is 3. The molecule has 0 N–H and O–H groups in total. The lowest BCUT2D eigenvalue weighted by atomic mass is 9.96. The molecule has 2 aromatic rings. The second-order valence-corrected chi connectivity index (χ2v) is 12.3. The van der Waals surface area contributed by atoms with Crippen molar-refractivity contribution in [3.05, 3.63) is 47.7 Å². The Morgan fingerprint density at radius 3 is 2.33 bits per heavy atom. The van der Waals surface area contributed by atoms with E-state index in [0.29, 0.717) is 0 Å². The van der Waals surface area contributed by atoms with E-state index in [-0.39, 0.29) is 0 Å². The first-order valence-corrected chi connectivity index (χ1v) is 11.1. The van der Waals surface area contributed by atoms with E-state index in [9.17, 15) is 0 Å². The maximum Gasteiger partial charge on any atom is 0.212 e. The lowest BCUT2D eigenvalue weighted by Gasteiger charge is -2.17. The van der Waals surface area contributed by atoms with Crippen LogP contribution in [0.2, 0.25) is 19.6 Å². The van der Waals surface area contributed by atoms with Gasteiger partial charge in [-0.2, -0.15) is 0 Å². The van der Waals surface area contributed by atoms with Gasteiger partial charge in [0.1, 0.15) is 7.05 Å². The van der Waals surface area contributed by atoms with Gasteiger partial charge in [-0.05, 0) is 35.2 Å². The van der Waals surface area contributed by atoms with Gasteiger partial charge in [-0.25, -0.2) is 4.57 Å². The summed E-state index contributed by atoms with van der Waals surface area (Å²) in [7, 11) is 0.760. The van der Waals surface area contributed by atoms with Crippen LogP contribution in [-0.4, -0.2) is 8.07 Å². The Bertz CT molecular complexity index is 632. The first kappa shape index (κ1) is 14.5. The van der Waals surface area contributed by atoms with E-state index in [0.717, 1.165) is 5.56 Å². The SMILES string of the molecule is [2H]C(C)(C)c1ccc(C)c(-c2cc([Si](C)(C)C)cc[n+]2C)c1. The predicted octanol–water partition coefficient (Wildman–Crippen LogP) is 4.16. The standard InChI is InChI=1S/C19H28NSi/c1-14(2)16-9-8-15(3)18(12-16)19-13-17(21(5,6)7)10-11-20(19)4/h8-14H,1-7H3/q+1/i14D. The fourth-order valence-corrected chi connectivity index (χ4v) is 3.66. The van der Waals surface area contributed by atoms with Crippen LogP contribution in [0.1, 0.15) is 32.2 Å². The summed E-state index contributed by atoms with van der Waals surface area (Å²) in [5, 5.41) is 1.47. The monoisotopic (exact) mass is 299 g/mol. The van der Waals surface area contributed by atoms with Gasteiger partial charge >= 0.3 is 0 Å². The maximum absolute atomic E-state index is 8.30. The summed E-state index contributed by atoms with van der Waals surface area (Å²) in [5.41, 5.74) is 4.80. The van der Waals surface area contributed by atoms with E-state index in [4.69, 9.17) is 1.37 Å². The van der Waals surface area contributed by atoms with Crippen molar-refractivity contribution in [1.82, 2.24) is 0 Å². The molecule has 21 heavy (non-hydrogen) atoms. The number of pyridine rings is 1. The summed E-state index contributed by atoms with van der Waals surface area (Å²) in [6, 6.07) is 11.0. The first-order chi connectivity index (χ1) is 10.00. The normalized spacial score (nSPS) is 13.2. The predicted molar refractivity (Wildman–Crippen MR) is 94.9 cm³/mol. The minimum absolute atomic E-state index is 0.572. The molecular formula is C19H28NSi+. The lowest BCUT2D eigenvalue weighted by Crippen LogP contribution is -2.42. The Morgan fingerprint density at radius 2 is 1.76 bits per heavy atom. The van der Waals surface area contributed by atoms with Crippen LogP contribution in [0.4, 0.5) is 0 Å². The highest BCUT2D eigenvalue weighted by atomic mass is 28.3. The van der Waals surface area contributed by atoms with Crippen molar-refractivity contribution in [2.45, 2.75) is 46.3 Å². The summed E-state index contributed by atoms with van der Waals surface area (Å²) >= 11 is 0. The molecular weight excluding hydrogens is 270 g/mol. The summed E-state index contributed by atoms with van der Waals surface area (Å²) in [4.78, 5) is 0. The average Bonchev–Trinajstić information content (AvgIpc) is 2.37. The fraction of sp³-hybridized carbons (Fsp3) is 0.421. The smallest absolute Gasteiger partial charge is 0.201 e. The van der Waals surface area contributed by atoms with Gasteiger partial charge in [0, 0.05) is 19.1 Å². The van der Waals surface area contributed by atoms with Gasteiger partial charge < -0.3 is 0 Å².